The van der Waals surface area contributed by atoms with Crippen LogP contribution in [0, 0.1) is 19.9 Å². The van der Waals surface area contributed by atoms with Crippen molar-refractivity contribution in [2.45, 2.75) is 58.6 Å². The molecule has 2 atom stereocenters. The van der Waals surface area contributed by atoms with E-state index in [2.05, 4.69) is 85.7 Å². The van der Waals surface area contributed by atoms with Crippen LogP contribution in [-0.4, -0.2) is 22.5 Å². The summed E-state index contributed by atoms with van der Waals surface area (Å²) in [5.41, 5.74) is 3.86. The molecule has 32 heavy (non-hydrogen) atoms. The monoisotopic (exact) mass is 504 g/mol. The molecule has 0 bridgehead atoms. The van der Waals surface area contributed by atoms with Gasteiger partial charge in [0.1, 0.15) is 5.88 Å². The van der Waals surface area contributed by atoms with Crippen molar-refractivity contribution in [1.82, 2.24) is 10.3 Å². The number of amides is 1. The van der Waals surface area contributed by atoms with Gasteiger partial charge >= 0.3 is 0 Å². The van der Waals surface area contributed by atoms with E-state index in [0.717, 1.165) is 6.42 Å². The average molecular weight is 504 g/mol. The Morgan fingerprint density at radius 2 is 1.81 bits per heavy atom. The molecule has 0 saturated heterocycles. The topological polar surface area (TPSA) is 51.2 Å². The Balaban J connectivity index is 0.00000363. The smallest absolute Gasteiger partial charge is 0.263 e. The van der Waals surface area contributed by atoms with Gasteiger partial charge in [-0.2, -0.15) is 0 Å². The van der Waals surface area contributed by atoms with Crippen molar-refractivity contribution in [3.63, 3.8) is 0 Å². The van der Waals surface area contributed by atoms with Crippen LogP contribution in [0.1, 0.15) is 48.9 Å². The van der Waals surface area contributed by atoms with Crippen LogP contribution in [-0.2, 0) is 43.9 Å². The quantitative estimate of drug-likeness (QED) is 0.430. The zero-order valence-corrected chi connectivity index (χ0v) is 22.4. The van der Waals surface area contributed by atoms with Gasteiger partial charge < -0.3 is 10.1 Å². The predicted octanol–water partition coefficient (Wildman–Crippen LogP) is 5.18. The fourth-order valence-corrected chi connectivity index (χ4v) is 3.62. The molecule has 0 aliphatic rings. The van der Waals surface area contributed by atoms with Crippen molar-refractivity contribution in [1.29, 1.82) is 0 Å². The van der Waals surface area contributed by atoms with Gasteiger partial charge in [0.2, 0.25) is 0 Å². The Morgan fingerprint density at radius 1 is 1.09 bits per heavy atom. The molecule has 1 aromatic heterocycles. The molecule has 4 nitrogen and oxygen atoms in total. The molecule has 0 spiro atoms. The minimum absolute atomic E-state index is 0. The van der Waals surface area contributed by atoms with E-state index in [1.807, 2.05) is 0 Å². The fraction of sp³-hybridized carbons (Fsp3) is 0.333. The van der Waals surface area contributed by atoms with Crippen LogP contribution >= 0.6 is 0 Å². The van der Waals surface area contributed by atoms with Crippen LogP contribution in [0.5, 0.6) is 5.88 Å². The number of pyridine rings is 1. The number of nitrogens with zero attached hydrogens (tertiary/aromatic N) is 1. The number of carbonyl (C=O) groups excluding carboxylic acids is 1. The molecule has 1 N–H and O–H groups in total. The summed E-state index contributed by atoms with van der Waals surface area (Å²) >= 11 is 0. The Hall–Kier alpha value is -2.04. The van der Waals surface area contributed by atoms with E-state index in [0.29, 0.717) is 5.88 Å². The molecule has 2 aromatic carbocycles. The van der Waals surface area contributed by atoms with Gasteiger partial charge in [-0.15, -0.1) is 6.07 Å². The number of ether oxygens (including phenoxy) is 1. The molecule has 5 heteroatoms. The molecular weight excluding hydrogens is 473 g/mol. The van der Waals surface area contributed by atoms with E-state index in [9.17, 15) is 4.79 Å². The van der Waals surface area contributed by atoms with Gasteiger partial charge in [-0.3, -0.25) is 9.78 Å². The molecule has 165 valence electrons. The Morgan fingerprint density at radius 3 is 2.44 bits per heavy atom. The summed E-state index contributed by atoms with van der Waals surface area (Å²) in [6, 6.07) is 23.3. The Labute approximate surface area is 217 Å². The van der Waals surface area contributed by atoms with E-state index >= 15 is 0 Å². The molecule has 3 aromatic rings. The first-order valence-electron chi connectivity index (χ1n) is 10.7. The van der Waals surface area contributed by atoms with Crippen LogP contribution in [0.2, 0.25) is 0 Å². The molecule has 0 aliphatic heterocycles. The number of hydrogen-bond donors (Lipinski definition) is 1. The van der Waals surface area contributed by atoms with Gasteiger partial charge in [0, 0.05) is 44.7 Å². The van der Waals surface area contributed by atoms with Gasteiger partial charge in [-0.05, 0) is 52.2 Å². The second-order valence-electron chi connectivity index (χ2n) is 8.68. The second-order valence-corrected chi connectivity index (χ2v) is 8.68. The maximum absolute atomic E-state index is 13.1. The Kier molecular flexibility index (Phi) is 9.60. The Bertz CT molecular complexity index is 1000. The van der Waals surface area contributed by atoms with Crippen molar-refractivity contribution in [2.75, 3.05) is 0 Å². The molecule has 2 unspecified atom stereocenters. The summed E-state index contributed by atoms with van der Waals surface area (Å²) in [6.07, 6.45) is 2.36. The molecule has 0 fully saturated rings. The fourth-order valence-electron chi connectivity index (χ4n) is 3.62. The third-order valence-electron chi connectivity index (χ3n) is 5.50. The van der Waals surface area contributed by atoms with E-state index in [1.54, 1.807) is 26.0 Å². The summed E-state index contributed by atoms with van der Waals surface area (Å²) in [5, 5.41) is 3.19. The van der Waals surface area contributed by atoms with Gasteiger partial charge in [0.05, 0.1) is 0 Å². The first kappa shape index (κ1) is 26.2. The van der Waals surface area contributed by atoms with Crippen molar-refractivity contribution < 1.29 is 42.2 Å². The minimum atomic E-state index is -1.05. The zero-order valence-electron chi connectivity index (χ0n) is 19.6. The van der Waals surface area contributed by atoms with Crippen molar-refractivity contribution >= 4 is 5.91 Å². The summed E-state index contributed by atoms with van der Waals surface area (Å²) in [6.45, 7) is 9.76. The molecule has 1 heterocycles. The van der Waals surface area contributed by atoms with E-state index < -0.39 is 5.60 Å². The third-order valence-corrected chi connectivity index (χ3v) is 5.50. The summed E-state index contributed by atoms with van der Waals surface area (Å²) in [4.78, 5) is 17.2. The number of aryl methyl sites for hydroxylation is 2. The van der Waals surface area contributed by atoms with Crippen molar-refractivity contribution in [3.8, 4) is 5.88 Å². The van der Waals surface area contributed by atoms with E-state index in [1.165, 1.54) is 28.5 Å². The number of rotatable bonds is 8. The number of hydrogen-bond acceptors (Lipinski definition) is 3. The molecule has 0 aliphatic carbocycles. The van der Waals surface area contributed by atoms with Crippen LogP contribution in [0.15, 0.2) is 66.9 Å². The van der Waals surface area contributed by atoms with Crippen LogP contribution in [0.4, 0.5) is 0 Å². The standard InChI is InChI=1S/C27H31N2O2.Y/c1-19-12-14-22(15-13-19)18-24(23-10-8-9-20(2)17-23)21(3)29-26(30)27(4,5)31-25-11-6-7-16-28-25;/h6,8-17,21,24H,18H2,1-5H3,(H,29,30);/q-1;. The summed E-state index contributed by atoms with van der Waals surface area (Å²) < 4.78 is 5.86. The van der Waals surface area contributed by atoms with Crippen LogP contribution < -0.4 is 10.1 Å². The number of benzene rings is 2. The summed E-state index contributed by atoms with van der Waals surface area (Å²) in [7, 11) is 0. The first-order chi connectivity index (χ1) is 14.7. The van der Waals surface area contributed by atoms with Crippen LogP contribution in [0.25, 0.3) is 0 Å². The average Bonchev–Trinajstić information content (AvgIpc) is 2.73. The molecular formula is C27H31N2O2Y-. The molecule has 1 radical (unpaired) electrons. The van der Waals surface area contributed by atoms with E-state index in [4.69, 9.17) is 4.74 Å². The van der Waals surface area contributed by atoms with Crippen LogP contribution in [0.3, 0.4) is 0 Å². The normalized spacial score (nSPS) is 12.9. The van der Waals surface area contributed by atoms with Gasteiger partial charge in [-0.1, -0.05) is 65.9 Å². The van der Waals surface area contributed by atoms with Gasteiger partial charge in [-0.25, -0.2) is 12.1 Å². The zero-order chi connectivity index (χ0) is 22.4. The molecule has 3 rings (SSSR count). The largest absolute Gasteiger partial charge is 0.478 e. The first-order valence-corrected chi connectivity index (χ1v) is 10.7. The number of nitrogens with one attached hydrogen (secondary N) is 1. The predicted molar refractivity (Wildman–Crippen MR) is 124 cm³/mol. The van der Waals surface area contributed by atoms with Gasteiger partial charge in [0.15, 0.2) is 5.60 Å². The molecule has 0 saturated carbocycles. The minimum Gasteiger partial charge on any atom is -0.478 e. The number of carbonyl (C=O) groups is 1. The second kappa shape index (κ2) is 11.7. The summed E-state index contributed by atoms with van der Waals surface area (Å²) in [5.74, 6) is 0.365. The van der Waals surface area contributed by atoms with E-state index in [-0.39, 0.29) is 50.6 Å². The van der Waals surface area contributed by atoms with Crippen molar-refractivity contribution in [2.24, 2.45) is 0 Å². The molecule has 1 amide bonds. The van der Waals surface area contributed by atoms with Gasteiger partial charge in [0.25, 0.3) is 5.91 Å². The van der Waals surface area contributed by atoms with Crippen molar-refractivity contribution in [3.05, 3.63) is 95.2 Å². The number of aromatic nitrogens is 1. The maximum Gasteiger partial charge on any atom is 0.263 e. The SMILES string of the molecule is Cc1ccc(CC(c2cccc(C)c2)C(C)NC(=O)C(C)(C)Oc2cc[c-]cn2)cc1.[Y]. The maximum atomic E-state index is 13.1. The third kappa shape index (κ3) is 7.25.